The molecule has 0 spiro atoms. The summed E-state index contributed by atoms with van der Waals surface area (Å²) in [6.45, 7) is 0. The van der Waals surface area contributed by atoms with Crippen LogP contribution in [0.2, 0.25) is 0 Å². The molecule has 109 heavy (non-hydrogen) atoms. The Morgan fingerprint density at radius 3 is 0.853 bits per heavy atom. The second kappa shape index (κ2) is 27.4. The van der Waals surface area contributed by atoms with Crippen molar-refractivity contribution < 1.29 is 0 Å². The summed E-state index contributed by atoms with van der Waals surface area (Å²) in [4.78, 5) is 23.5. The molecule has 6 aromatic heterocycles. The first-order valence-electron chi connectivity index (χ1n) is 36.7. The van der Waals surface area contributed by atoms with Crippen molar-refractivity contribution in [1.82, 2.24) is 38.6 Å². The van der Waals surface area contributed by atoms with E-state index in [0.717, 1.165) is 77.3 Å². The van der Waals surface area contributed by atoms with E-state index in [1.165, 1.54) is 121 Å². The van der Waals surface area contributed by atoms with Crippen LogP contribution in [0.15, 0.2) is 393 Å². The predicted octanol–water partition coefficient (Wildman–Crippen LogP) is 26.6. The van der Waals surface area contributed by atoms with Gasteiger partial charge in [-0.1, -0.05) is 259 Å². The molecule has 0 bridgehead atoms. The summed E-state index contributed by atoms with van der Waals surface area (Å²) in [5.74, 6) is 0. The highest BCUT2D eigenvalue weighted by Crippen LogP contribution is 2.42. The van der Waals surface area contributed by atoms with Crippen LogP contribution < -0.4 is 0 Å². The second-order valence-electron chi connectivity index (χ2n) is 27.5. The van der Waals surface area contributed by atoms with Gasteiger partial charge in [0.15, 0.2) is 0 Å². The van der Waals surface area contributed by atoms with Crippen molar-refractivity contribution in [2.75, 3.05) is 0 Å². The second-order valence-corrected chi connectivity index (χ2v) is 28.4. The molecule has 512 valence electrons. The maximum Gasteiger partial charge on any atom is 0.0973 e. The largest absolute Gasteiger partial charge is 0.355 e. The number of hydrogen-bond donors (Lipinski definition) is 1. The van der Waals surface area contributed by atoms with E-state index in [0.29, 0.717) is 0 Å². The third kappa shape index (κ3) is 11.7. The Morgan fingerprint density at radius 1 is 0.193 bits per heavy atom. The van der Waals surface area contributed by atoms with Crippen LogP contribution in [0.25, 0.3) is 194 Å². The number of H-pyrrole nitrogens is 1. The molecule has 0 saturated carbocycles. The minimum Gasteiger partial charge on any atom is -0.355 e. The molecule has 0 amide bonds. The van der Waals surface area contributed by atoms with Crippen molar-refractivity contribution in [3.8, 4) is 84.3 Å². The Bertz CT molecular complexity index is 7210. The molecule has 8 nitrogen and oxygen atoms in total. The first kappa shape index (κ1) is 64.5. The molecule has 22 rings (SSSR count). The van der Waals surface area contributed by atoms with E-state index in [-0.39, 0.29) is 0 Å². The number of aromatic nitrogens is 8. The van der Waals surface area contributed by atoms with Crippen LogP contribution in [0.1, 0.15) is 0 Å². The van der Waals surface area contributed by atoms with Crippen molar-refractivity contribution in [1.29, 1.82) is 0 Å². The molecule has 16 aromatic carbocycles. The molecule has 0 radical (unpaired) electrons. The van der Waals surface area contributed by atoms with Gasteiger partial charge in [-0.05, 0) is 168 Å². The first-order valence-corrected chi connectivity index (χ1v) is 37.5. The number of nitrogens with zero attached hydrogens (tertiary/aromatic N) is 7. The van der Waals surface area contributed by atoms with Gasteiger partial charge in [0, 0.05) is 97.9 Å². The summed E-state index contributed by atoms with van der Waals surface area (Å²) in [6, 6.07) is 137. The number of aromatic amines is 1. The lowest BCUT2D eigenvalue weighted by atomic mass is 10.0. The molecule has 1 N–H and O–H groups in total. The molecule has 6 heterocycles. The summed E-state index contributed by atoms with van der Waals surface area (Å²) >= 11 is 3.49. The number of fused-ring (bicyclic) bond motifs is 14. The Kier molecular flexibility index (Phi) is 16.2. The number of benzene rings is 16. The predicted molar refractivity (Wildman–Crippen MR) is 458 cm³/mol. The van der Waals surface area contributed by atoms with Crippen LogP contribution >= 0.6 is 15.9 Å². The first-order chi connectivity index (χ1) is 54.0. The van der Waals surface area contributed by atoms with Gasteiger partial charge in [-0.15, -0.1) is 0 Å². The number of halogens is 1. The summed E-state index contributed by atoms with van der Waals surface area (Å²) in [5, 5.41) is 10.1. The van der Waals surface area contributed by atoms with Crippen LogP contribution in [0.4, 0.5) is 0 Å². The average molecular weight is 1460 g/mol. The average Bonchev–Trinajstić information content (AvgIpc) is 1.61. The zero-order valence-corrected chi connectivity index (χ0v) is 60.5. The van der Waals surface area contributed by atoms with Gasteiger partial charge in [-0.25, -0.2) is 19.9 Å². The lowest BCUT2D eigenvalue weighted by molar-refractivity contribution is 1.18. The molecule has 0 unspecified atom stereocenters. The third-order valence-electron chi connectivity index (χ3n) is 21.0. The maximum atomic E-state index is 5.13. The zero-order valence-electron chi connectivity index (χ0n) is 59.0. The van der Waals surface area contributed by atoms with Crippen molar-refractivity contribution in [3.05, 3.63) is 393 Å². The lowest BCUT2D eigenvalue weighted by Crippen LogP contribution is -1.97. The summed E-state index contributed by atoms with van der Waals surface area (Å²) in [7, 11) is 0. The number of para-hydroxylation sites is 10. The van der Waals surface area contributed by atoms with E-state index in [2.05, 4.69) is 338 Å². The van der Waals surface area contributed by atoms with E-state index in [1.807, 2.05) is 84.9 Å². The number of nitrogens with one attached hydrogen (secondary N) is 1. The van der Waals surface area contributed by atoms with Gasteiger partial charge in [0.25, 0.3) is 0 Å². The van der Waals surface area contributed by atoms with Crippen LogP contribution in [0, 0.1) is 0 Å². The van der Waals surface area contributed by atoms with E-state index < -0.39 is 0 Å². The van der Waals surface area contributed by atoms with Crippen LogP contribution in [0.3, 0.4) is 0 Å². The Balaban J connectivity index is 0.000000119. The van der Waals surface area contributed by atoms with E-state index >= 15 is 0 Å². The number of rotatable bonds is 9. The molecule has 9 heteroatoms. The van der Waals surface area contributed by atoms with E-state index in [4.69, 9.17) is 19.9 Å². The highest BCUT2D eigenvalue weighted by molar-refractivity contribution is 9.10. The summed E-state index contributed by atoms with van der Waals surface area (Å²) in [5.41, 5.74) is 29.3. The maximum absolute atomic E-state index is 5.13. The van der Waals surface area contributed by atoms with E-state index in [1.54, 1.807) is 0 Å². The summed E-state index contributed by atoms with van der Waals surface area (Å²) < 4.78 is 8.15. The fourth-order valence-corrected chi connectivity index (χ4v) is 16.1. The fraction of sp³-hybridized carbons (Fsp3) is 0. The van der Waals surface area contributed by atoms with E-state index in [9.17, 15) is 0 Å². The van der Waals surface area contributed by atoms with Crippen molar-refractivity contribution in [2.24, 2.45) is 0 Å². The molecule has 0 aliphatic rings. The highest BCUT2D eigenvalue weighted by atomic mass is 79.9. The molecule has 22 aromatic rings. The zero-order chi connectivity index (χ0) is 72.3. The lowest BCUT2D eigenvalue weighted by Gasteiger charge is -2.12. The highest BCUT2D eigenvalue weighted by Gasteiger charge is 2.21. The molecular weight excluding hydrogens is 1390 g/mol. The summed E-state index contributed by atoms with van der Waals surface area (Å²) in [6.07, 6.45) is 0. The monoisotopic (exact) mass is 1460 g/mol. The molecule has 0 fully saturated rings. The van der Waals surface area contributed by atoms with Gasteiger partial charge in [0.1, 0.15) is 0 Å². The topological polar surface area (TPSA) is 82.1 Å². The smallest absolute Gasteiger partial charge is 0.0973 e. The van der Waals surface area contributed by atoms with Crippen LogP contribution in [-0.4, -0.2) is 38.6 Å². The van der Waals surface area contributed by atoms with Crippen molar-refractivity contribution in [3.63, 3.8) is 0 Å². The SMILES string of the molecule is Brc1ccc(-c2nc3ccccc3nc2-c2ccccc2)cc1.c1ccc(-c2nc3ccccc3nc2-c2ccc(-n3c4ccccc4c4cc(-c5ccc6c(c5)c5ccccc5n6-c5ccccc5)ccc43)cc2)cc1.c1ccc(-n2c3ccccc3c3cc(-c4ccc5[nH]c6ccccc6c5c4)ccc32)cc1. The minimum absolute atomic E-state index is 0.877. The molecule has 0 aliphatic heterocycles. The van der Waals surface area contributed by atoms with Gasteiger partial charge in [0.05, 0.1) is 77.9 Å². The van der Waals surface area contributed by atoms with Gasteiger partial charge in [-0.2, -0.15) is 0 Å². The van der Waals surface area contributed by atoms with Crippen molar-refractivity contribution in [2.45, 2.75) is 0 Å². The quantitative estimate of drug-likeness (QED) is 0.156. The minimum atomic E-state index is 0.877. The molecule has 0 aliphatic carbocycles. The number of hydrogen-bond acceptors (Lipinski definition) is 4. The molecule has 0 saturated heterocycles. The normalized spacial score (nSPS) is 11.5. The Morgan fingerprint density at radius 2 is 0.459 bits per heavy atom. The third-order valence-corrected chi connectivity index (χ3v) is 21.5. The Labute approximate surface area is 636 Å². The fourth-order valence-electron chi connectivity index (χ4n) is 15.8. The molecular formula is C100H65BrN8. The Hall–Kier alpha value is -14.1. The van der Waals surface area contributed by atoms with Gasteiger partial charge < -0.3 is 18.7 Å². The van der Waals surface area contributed by atoms with Crippen molar-refractivity contribution >= 4 is 125 Å². The van der Waals surface area contributed by atoms with Gasteiger partial charge in [0.2, 0.25) is 0 Å². The standard InChI is InChI=1S/C50H32N4.C30H20N2.C20H13BrN2/c1-3-13-33(14-4-1)49-50(52-44-20-10-9-19-43(44)51-49)34-23-27-38(28-24-34)54-46-22-12-8-18-40(46)42-32-36(26-30-48(42)54)35-25-29-47-41(31-35)39-17-7-11-21-45(39)53(47)37-15-5-2-6-16-37;1-2-8-22(9-3-1)32-29-13-7-5-11-24(29)26-19-21(15-17-30(26)32)20-14-16-28-25(18-20)23-10-4-6-12-27(23)31-28;21-16-12-10-15(11-13-16)20-19(14-6-2-1-3-7-14)22-17-8-4-5-9-18(17)23-20/h1-32H;1-19,31H;1-13H. The molecule has 0 atom stereocenters. The van der Waals surface area contributed by atoms with Crippen LogP contribution in [0.5, 0.6) is 0 Å². The van der Waals surface area contributed by atoms with Crippen LogP contribution in [-0.2, 0) is 0 Å². The van der Waals surface area contributed by atoms with Gasteiger partial charge in [-0.3, -0.25) is 0 Å². The van der Waals surface area contributed by atoms with Gasteiger partial charge >= 0.3 is 0 Å².